The van der Waals surface area contributed by atoms with Gasteiger partial charge in [0.25, 0.3) is 11.8 Å². The van der Waals surface area contributed by atoms with Gasteiger partial charge in [-0.1, -0.05) is 5.57 Å². The van der Waals surface area contributed by atoms with E-state index < -0.39 is 0 Å². The lowest BCUT2D eigenvalue weighted by Gasteiger charge is -2.22. The third-order valence-electron chi connectivity index (χ3n) is 5.77. The summed E-state index contributed by atoms with van der Waals surface area (Å²) >= 11 is 3.56. The van der Waals surface area contributed by atoms with Crippen LogP contribution in [0.1, 0.15) is 55.5 Å². The van der Waals surface area contributed by atoms with Gasteiger partial charge in [0, 0.05) is 29.8 Å². The molecule has 0 saturated heterocycles. The molecule has 0 bridgehead atoms. The first-order chi connectivity index (χ1) is 12.9. The van der Waals surface area contributed by atoms with E-state index in [0.717, 1.165) is 40.6 Å². The van der Waals surface area contributed by atoms with Crippen LogP contribution in [0.2, 0.25) is 0 Å². The largest absolute Gasteiger partial charge is 0.485 e. The van der Waals surface area contributed by atoms with Gasteiger partial charge in [0.2, 0.25) is 0 Å². The predicted octanol–water partition coefficient (Wildman–Crippen LogP) is 3.99. The van der Waals surface area contributed by atoms with Crippen molar-refractivity contribution < 1.29 is 14.3 Å². The van der Waals surface area contributed by atoms with Gasteiger partial charge in [0.1, 0.15) is 11.4 Å². The zero-order valence-electron chi connectivity index (χ0n) is 15.6. The van der Waals surface area contributed by atoms with Crippen molar-refractivity contribution in [3.05, 3.63) is 39.4 Å². The van der Waals surface area contributed by atoms with Crippen molar-refractivity contribution in [3.8, 4) is 5.75 Å². The molecule has 6 heteroatoms. The first-order valence-corrected chi connectivity index (χ1v) is 10.2. The second-order valence-electron chi connectivity index (χ2n) is 7.86. The summed E-state index contributed by atoms with van der Waals surface area (Å²) in [6.45, 7) is 3.96. The van der Waals surface area contributed by atoms with E-state index in [-0.39, 0.29) is 29.9 Å². The van der Waals surface area contributed by atoms with E-state index in [0.29, 0.717) is 11.3 Å². The summed E-state index contributed by atoms with van der Waals surface area (Å²) in [7, 11) is 0. The number of ether oxygens (including phenoxy) is 1. The Kier molecular flexibility index (Phi) is 4.70. The second-order valence-corrected chi connectivity index (χ2v) is 8.71. The van der Waals surface area contributed by atoms with E-state index >= 15 is 0 Å². The first-order valence-electron chi connectivity index (χ1n) is 9.44. The van der Waals surface area contributed by atoms with Gasteiger partial charge in [0.05, 0.1) is 10.4 Å². The van der Waals surface area contributed by atoms with E-state index in [1.54, 1.807) is 13.0 Å². The summed E-state index contributed by atoms with van der Waals surface area (Å²) in [5.74, 6) is 0.109. The van der Waals surface area contributed by atoms with Crippen LogP contribution in [-0.4, -0.2) is 29.7 Å². The quantitative estimate of drug-likeness (QED) is 0.787. The normalized spacial score (nSPS) is 22.9. The minimum atomic E-state index is -0.388. The number of fused-ring (bicyclic) bond motifs is 1. The monoisotopic (exact) mass is 430 g/mol. The Morgan fingerprint density at radius 2 is 2.07 bits per heavy atom. The van der Waals surface area contributed by atoms with Crippen molar-refractivity contribution in [1.29, 1.82) is 0 Å². The SMILES string of the molecule is CC1=CC(C)=NC(=O)C1CNC(=O)c1cc(Br)c2c(c1)CC1(CCCC1)O2. The van der Waals surface area contributed by atoms with Crippen molar-refractivity contribution in [2.75, 3.05) is 6.54 Å². The number of amides is 2. The fraction of sp³-hybridized carbons (Fsp3) is 0.476. The molecule has 3 aliphatic rings. The van der Waals surface area contributed by atoms with E-state index in [1.165, 1.54) is 12.8 Å². The van der Waals surface area contributed by atoms with Gasteiger partial charge in [-0.15, -0.1) is 0 Å². The minimum Gasteiger partial charge on any atom is -0.485 e. The molecule has 4 rings (SSSR count). The zero-order chi connectivity index (χ0) is 19.2. The molecule has 0 aromatic heterocycles. The molecule has 1 unspecified atom stereocenters. The summed E-state index contributed by atoms with van der Waals surface area (Å²) in [6, 6.07) is 3.73. The lowest BCUT2D eigenvalue weighted by molar-refractivity contribution is -0.120. The second kappa shape index (κ2) is 6.89. The highest BCUT2D eigenvalue weighted by molar-refractivity contribution is 9.10. The van der Waals surface area contributed by atoms with Gasteiger partial charge in [-0.3, -0.25) is 9.59 Å². The number of nitrogens with zero attached hydrogens (tertiary/aromatic N) is 1. The van der Waals surface area contributed by atoms with Crippen molar-refractivity contribution >= 4 is 33.5 Å². The van der Waals surface area contributed by atoms with Gasteiger partial charge in [-0.2, -0.15) is 0 Å². The molecule has 27 heavy (non-hydrogen) atoms. The van der Waals surface area contributed by atoms with Gasteiger partial charge >= 0.3 is 0 Å². The maximum absolute atomic E-state index is 12.7. The molecule has 142 valence electrons. The molecule has 1 atom stereocenters. The molecular weight excluding hydrogens is 408 g/mol. The van der Waals surface area contributed by atoms with Crippen LogP contribution in [0.25, 0.3) is 0 Å². The molecule has 2 aliphatic heterocycles. The highest BCUT2D eigenvalue weighted by atomic mass is 79.9. The molecule has 1 spiro atoms. The fourth-order valence-corrected chi connectivity index (χ4v) is 4.96. The van der Waals surface area contributed by atoms with E-state index in [1.807, 2.05) is 19.1 Å². The molecule has 0 radical (unpaired) electrons. The Morgan fingerprint density at radius 3 is 2.78 bits per heavy atom. The Bertz CT molecular complexity index is 882. The van der Waals surface area contributed by atoms with Crippen molar-refractivity contribution in [3.63, 3.8) is 0 Å². The van der Waals surface area contributed by atoms with Crippen molar-refractivity contribution in [2.24, 2.45) is 10.9 Å². The standard InChI is InChI=1S/C21H23BrN2O3/c1-12-7-13(2)24-20(26)16(12)11-23-19(25)14-8-15-10-21(5-3-4-6-21)27-18(15)17(22)9-14/h7-9,16H,3-6,10-11H2,1-2H3,(H,23,25). The molecule has 1 aromatic rings. The third kappa shape index (κ3) is 3.47. The highest BCUT2D eigenvalue weighted by Gasteiger charge is 2.42. The van der Waals surface area contributed by atoms with Crippen LogP contribution in [-0.2, 0) is 11.2 Å². The summed E-state index contributed by atoms with van der Waals surface area (Å²) in [5.41, 5.74) is 3.24. The van der Waals surface area contributed by atoms with Crippen LogP contribution in [0.5, 0.6) is 5.75 Å². The van der Waals surface area contributed by atoms with E-state index in [4.69, 9.17) is 4.74 Å². The molecule has 1 N–H and O–H groups in total. The number of hydrogen-bond donors (Lipinski definition) is 1. The van der Waals surface area contributed by atoms with E-state index in [2.05, 4.69) is 26.2 Å². The van der Waals surface area contributed by atoms with Crippen LogP contribution >= 0.6 is 15.9 Å². The van der Waals surface area contributed by atoms with Crippen LogP contribution in [0.15, 0.2) is 33.2 Å². The molecule has 1 saturated carbocycles. The average molecular weight is 431 g/mol. The number of nitrogens with one attached hydrogen (secondary N) is 1. The average Bonchev–Trinajstić information content (AvgIpc) is 3.20. The van der Waals surface area contributed by atoms with Gasteiger partial charge in [-0.25, -0.2) is 4.99 Å². The number of rotatable bonds is 3. The number of allylic oxidation sites excluding steroid dienone is 1. The highest BCUT2D eigenvalue weighted by Crippen LogP contribution is 2.47. The van der Waals surface area contributed by atoms with Gasteiger partial charge in [-0.05, 0) is 73.7 Å². The van der Waals surface area contributed by atoms with Crippen LogP contribution < -0.4 is 10.1 Å². The molecular formula is C21H23BrN2O3. The van der Waals surface area contributed by atoms with Crippen LogP contribution in [0, 0.1) is 5.92 Å². The molecule has 1 aromatic carbocycles. The minimum absolute atomic E-state index is 0.0771. The number of aliphatic imine (C=N–C) groups is 1. The lowest BCUT2D eigenvalue weighted by Crippen LogP contribution is -2.34. The Balaban J connectivity index is 1.47. The predicted molar refractivity (Wildman–Crippen MR) is 107 cm³/mol. The maximum atomic E-state index is 12.7. The lowest BCUT2D eigenvalue weighted by atomic mass is 9.94. The number of halogens is 1. The maximum Gasteiger partial charge on any atom is 0.254 e. The Hall–Kier alpha value is -1.95. The fourth-order valence-electron chi connectivity index (χ4n) is 4.38. The zero-order valence-corrected chi connectivity index (χ0v) is 17.2. The van der Waals surface area contributed by atoms with E-state index in [9.17, 15) is 9.59 Å². The smallest absolute Gasteiger partial charge is 0.254 e. The summed E-state index contributed by atoms with van der Waals surface area (Å²) < 4.78 is 7.09. The molecule has 5 nitrogen and oxygen atoms in total. The molecule has 1 aliphatic carbocycles. The van der Waals surface area contributed by atoms with Crippen LogP contribution in [0.3, 0.4) is 0 Å². The first kappa shape index (κ1) is 18.4. The topological polar surface area (TPSA) is 67.8 Å². The molecule has 2 amide bonds. The van der Waals surface area contributed by atoms with Crippen molar-refractivity contribution in [1.82, 2.24) is 5.32 Å². The number of dihydropyridines is 1. The summed E-state index contributed by atoms with van der Waals surface area (Å²) in [6.07, 6.45) is 7.30. The van der Waals surface area contributed by atoms with Gasteiger partial charge < -0.3 is 10.1 Å². The Labute approximate surface area is 167 Å². The van der Waals surface area contributed by atoms with Crippen LogP contribution in [0.4, 0.5) is 0 Å². The summed E-state index contributed by atoms with van der Waals surface area (Å²) in [4.78, 5) is 28.8. The molecule has 2 heterocycles. The number of hydrogen-bond acceptors (Lipinski definition) is 3. The third-order valence-corrected chi connectivity index (χ3v) is 6.36. The summed E-state index contributed by atoms with van der Waals surface area (Å²) in [5, 5.41) is 2.89. The Morgan fingerprint density at radius 1 is 1.33 bits per heavy atom. The molecule has 1 fully saturated rings. The van der Waals surface area contributed by atoms with Crippen molar-refractivity contribution in [2.45, 2.75) is 51.6 Å². The number of carbonyl (C=O) groups excluding carboxylic acids is 2. The van der Waals surface area contributed by atoms with Gasteiger partial charge in [0.15, 0.2) is 0 Å². The number of carbonyl (C=O) groups is 2. The number of benzene rings is 1.